The fourth-order valence-electron chi connectivity index (χ4n) is 21.3. The lowest BCUT2D eigenvalue weighted by molar-refractivity contribution is 0.669. The lowest BCUT2D eigenvalue weighted by atomic mass is 9.87. The average molecular weight is 1660 g/mol. The molecule has 0 N–H and O–H groups in total. The summed E-state index contributed by atoms with van der Waals surface area (Å²) in [5, 5.41) is 32.3. The SMILES string of the molecule is c1cc(-c2ccc3ccc4c(-c5ccncc5)ccc5ccc2c3c54)cc(-c2cccc3c2oc2ccccc23)c1.c1ccc2ncc(-c3ccc4ccc5c(-c6ccc(-c7cccc8c7oc7ccccc78)cc6)ccc6ccc3c4c65)cc2c1.c1cnc2ccc(-c3ccc4ccc5c(-c6ccc(-c7cccc8c7oc7ccccc78)cc6)ccc6ccc3c4c65)cc2c1. The van der Waals surface area contributed by atoms with Crippen LogP contribution in [0, 0.1) is 0 Å². The largest absolute Gasteiger partial charge is 0.455 e. The smallest absolute Gasteiger partial charge is 0.143 e. The van der Waals surface area contributed by atoms with Gasteiger partial charge in [0, 0.05) is 90.1 Å². The molecule has 0 radical (unpaired) electrons. The van der Waals surface area contributed by atoms with Crippen molar-refractivity contribution >= 4 is 185 Å². The first kappa shape index (κ1) is 73.9. The molecular weight excluding hydrogens is 1590 g/mol. The van der Waals surface area contributed by atoms with Gasteiger partial charge < -0.3 is 13.3 Å². The number of furan rings is 3. The van der Waals surface area contributed by atoms with E-state index in [0.29, 0.717) is 0 Å². The van der Waals surface area contributed by atoms with Crippen molar-refractivity contribution in [3.8, 4) is 100 Å². The van der Waals surface area contributed by atoms with Gasteiger partial charge in [-0.3, -0.25) is 15.0 Å². The minimum atomic E-state index is 0.920. The number of nitrogens with zero attached hydrogens (tertiary/aromatic N) is 3. The van der Waals surface area contributed by atoms with Crippen LogP contribution in [0.1, 0.15) is 0 Å². The van der Waals surface area contributed by atoms with Crippen LogP contribution in [0.3, 0.4) is 0 Å². The number of fused-ring (bicyclic) bond motifs is 11. The van der Waals surface area contributed by atoms with Crippen LogP contribution in [0.5, 0.6) is 0 Å². The van der Waals surface area contributed by atoms with Gasteiger partial charge in [0.05, 0.1) is 11.0 Å². The van der Waals surface area contributed by atoms with Gasteiger partial charge in [0.15, 0.2) is 0 Å². The topological polar surface area (TPSA) is 78.1 Å². The molecule has 29 rings (SSSR count). The van der Waals surface area contributed by atoms with Gasteiger partial charge in [-0.15, -0.1) is 0 Å². The summed E-state index contributed by atoms with van der Waals surface area (Å²) < 4.78 is 19.0. The Hall–Kier alpha value is -17.5. The second kappa shape index (κ2) is 29.6. The maximum Gasteiger partial charge on any atom is 0.143 e. The maximum absolute atomic E-state index is 6.37. The standard InChI is InChI=1S/2C43H25NO.C39H23NO/c1-3-10-39-30(6-1)24-31(25-44-39)33-21-17-29-18-22-36-32(20-16-28-19-23-37(33)42(29)41(28)36)26-12-14-27(15-13-26)34-8-5-9-38-35-7-2-4-11-40(35)45-43(34)38;1-2-9-40-35(6-1)38-8-3-7-34(43(38)45-40)27-12-10-26(11-13-27)32-19-14-28-17-22-37-33(20-15-29-16-21-36(32)41(28)42(29)37)30-18-23-39-31(25-30)5-4-24-44-39;1-2-10-36-32(7-1)35-9-4-8-31(39(35)41-36)28-6-3-5-27(23-28)30-16-12-26-13-17-33-29(24-19-21-40-22-20-24)15-11-25-14-18-34(30)38(26)37(25)33/h2*1-25H;1-23H. The van der Waals surface area contributed by atoms with E-state index in [1.54, 1.807) is 0 Å². The Morgan fingerprint density at radius 1 is 0.153 bits per heavy atom. The van der Waals surface area contributed by atoms with Gasteiger partial charge in [-0.2, -0.15) is 0 Å². The predicted molar refractivity (Wildman–Crippen MR) is 550 cm³/mol. The van der Waals surface area contributed by atoms with E-state index in [9.17, 15) is 0 Å². The molecule has 0 aliphatic carbocycles. The summed E-state index contributed by atoms with van der Waals surface area (Å²) in [6.07, 6.45) is 7.59. The van der Waals surface area contributed by atoms with Crippen LogP contribution < -0.4 is 0 Å². The highest BCUT2D eigenvalue weighted by atomic mass is 16.3. The van der Waals surface area contributed by atoms with E-state index < -0.39 is 0 Å². The highest BCUT2D eigenvalue weighted by Gasteiger charge is 2.23. The molecule has 6 aromatic heterocycles. The van der Waals surface area contributed by atoms with E-state index in [1.807, 2.05) is 73.3 Å². The van der Waals surface area contributed by atoms with Crippen molar-refractivity contribution in [1.82, 2.24) is 15.0 Å². The quantitative estimate of drug-likeness (QED) is 0.134. The molecule has 6 nitrogen and oxygen atoms in total. The fraction of sp³-hybridized carbons (Fsp3) is 0. The summed E-state index contributed by atoms with van der Waals surface area (Å²) >= 11 is 0. The fourth-order valence-corrected chi connectivity index (χ4v) is 21.3. The van der Waals surface area contributed by atoms with Gasteiger partial charge in [0.25, 0.3) is 0 Å². The van der Waals surface area contributed by atoms with E-state index in [4.69, 9.17) is 18.2 Å². The Bertz CT molecular complexity index is 9300. The van der Waals surface area contributed by atoms with Gasteiger partial charge in [-0.05, 0) is 242 Å². The first-order valence-electron chi connectivity index (χ1n) is 44.7. The molecule has 0 saturated carbocycles. The Morgan fingerprint density at radius 3 is 0.863 bits per heavy atom. The van der Waals surface area contributed by atoms with Crippen molar-refractivity contribution in [2.45, 2.75) is 0 Å². The van der Waals surface area contributed by atoms with Gasteiger partial charge in [0.2, 0.25) is 0 Å². The highest BCUT2D eigenvalue weighted by molar-refractivity contribution is 6.31. The second-order valence-electron chi connectivity index (χ2n) is 34.6. The Balaban J connectivity index is 0.000000101. The zero-order valence-electron chi connectivity index (χ0n) is 70.7. The first-order valence-corrected chi connectivity index (χ1v) is 44.7. The summed E-state index contributed by atoms with van der Waals surface area (Å²) in [5.74, 6) is 0. The number of rotatable bonds is 9. The third-order valence-electron chi connectivity index (χ3n) is 27.5. The Labute approximate surface area is 751 Å². The molecule has 131 heavy (non-hydrogen) atoms. The van der Waals surface area contributed by atoms with Crippen molar-refractivity contribution in [3.63, 3.8) is 0 Å². The van der Waals surface area contributed by atoms with Crippen LogP contribution in [0.15, 0.2) is 457 Å². The van der Waals surface area contributed by atoms with Crippen LogP contribution in [0.2, 0.25) is 0 Å². The van der Waals surface area contributed by atoms with E-state index >= 15 is 0 Å². The van der Waals surface area contributed by atoms with Crippen molar-refractivity contribution in [2.24, 2.45) is 0 Å². The summed E-state index contributed by atoms with van der Waals surface area (Å²) in [7, 11) is 0. The predicted octanol–water partition coefficient (Wildman–Crippen LogP) is 34.9. The normalized spacial score (nSPS) is 12.0. The van der Waals surface area contributed by atoms with Gasteiger partial charge in [-0.1, -0.05) is 352 Å². The van der Waals surface area contributed by atoms with Crippen LogP contribution >= 0.6 is 0 Å². The second-order valence-corrected chi connectivity index (χ2v) is 34.6. The minimum absolute atomic E-state index is 0.920. The number of hydrogen-bond acceptors (Lipinski definition) is 6. The molecule has 0 atom stereocenters. The maximum atomic E-state index is 6.37. The molecule has 6 heteroatoms. The molecule has 0 fully saturated rings. The van der Waals surface area contributed by atoms with Crippen molar-refractivity contribution in [1.29, 1.82) is 0 Å². The van der Waals surface area contributed by atoms with Crippen molar-refractivity contribution in [3.05, 3.63) is 443 Å². The third-order valence-corrected chi connectivity index (χ3v) is 27.5. The zero-order chi connectivity index (χ0) is 85.9. The molecule has 606 valence electrons. The van der Waals surface area contributed by atoms with Gasteiger partial charge >= 0.3 is 0 Å². The summed E-state index contributed by atoms with van der Waals surface area (Å²) in [6, 6.07) is 151. The third kappa shape index (κ3) is 11.9. The van der Waals surface area contributed by atoms with E-state index in [-0.39, 0.29) is 0 Å². The molecule has 0 unspecified atom stereocenters. The van der Waals surface area contributed by atoms with Crippen molar-refractivity contribution < 1.29 is 13.3 Å². The number of benzene rings is 23. The molecule has 0 bridgehead atoms. The first-order chi connectivity index (χ1) is 64.9. The van der Waals surface area contributed by atoms with E-state index in [2.05, 4.69) is 380 Å². The number of hydrogen-bond donors (Lipinski definition) is 0. The van der Waals surface area contributed by atoms with Crippen LogP contribution in [0.4, 0.5) is 0 Å². The minimum Gasteiger partial charge on any atom is -0.455 e. The van der Waals surface area contributed by atoms with Crippen LogP contribution in [-0.4, -0.2) is 15.0 Å². The van der Waals surface area contributed by atoms with E-state index in [1.165, 1.54) is 158 Å². The molecule has 0 saturated heterocycles. The molecule has 6 heterocycles. The van der Waals surface area contributed by atoms with Crippen LogP contribution in [-0.2, 0) is 0 Å². The number of aromatic nitrogens is 3. The monoisotopic (exact) mass is 1660 g/mol. The summed E-state index contributed by atoms with van der Waals surface area (Å²) in [6.45, 7) is 0. The lowest BCUT2D eigenvalue weighted by Crippen LogP contribution is -1.90. The molecule has 23 aromatic carbocycles. The molecular formula is C125H73N3O3. The Morgan fingerprint density at radius 2 is 0.443 bits per heavy atom. The molecule has 0 amide bonds. The molecule has 0 aliphatic rings. The zero-order valence-corrected chi connectivity index (χ0v) is 70.7. The molecule has 29 aromatic rings. The average Bonchev–Trinajstić information content (AvgIpc) is 1.55. The summed E-state index contributed by atoms with van der Waals surface area (Å²) in [5.41, 5.74) is 28.9. The highest BCUT2D eigenvalue weighted by Crippen LogP contribution is 2.50. The van der Waals surface area contributed by atoms with Crippen LogP contribution in [0.25, 0.3) is 285 Å². The molecule has 0 aliphatic heterocycles. The van der Waals surface area contributed by atoms with Gasteiger partial charge in [0.1, 0.15) is 33.5 Å². The van der Waals surface area contributed by atoms with E-state index in [0.717, 1.165) is 127 Å². The lowest BCUT2D eigenvalue weighted by Gasteiger charge is -2.17. The number of pyridine rings is 3. The van der Waals surface area contributed by atoms with Crippen molar-refractivity contribution in [2.75, 3.05) is 0 Å². The Kier molecular flexibility index (Phi) is 16.7. The summed E-state index contributed by atoms with van der Waals surface area (Å²) in [4.78, 5) is 13.5. The van der Waals surface area contributed by atoms with Gasteiger partial charge in [-0.25, -0.2) is 0 Å². The molecule has 0 spiro atoms. The number of para-hydroxylation sites is 7.